The van der Waals surface area contributed by atoms with Crippen LogP contribution in [-0.4, -0.2) is 12.1 Å². The van der Waals surface area contributed by atoms with Crippen LogP contribution >= 0.6 is 11.3 Å². The number of carbonyl (C=O) groups excluding carboxylic acids is 1. The lowest BCUT2D eigenvalue weighted by Gasteiger charge is -2.07. The number of thiophene rings is 1. The van der Waals surface area contributed by atoms with Gasteiger partial charge < -0.3 is 5.32 Å². The predicted molar refractivity (Wildman–Crippen MR) is 51.7 cm³/mol. The van der Waals surface area contributed by atoms with E-state index in [9.17, 15) is 18.0 Å². The van der Waals surface area contributed by atoms with Gasteiger partial charge in [0.25, 0.3) is 0 Å². The molecule has 6 heteroatoms. The number of carbonyl (C=O) groups is 1. The largest absolute Gasteiger partial charge is 0.471 e. The van der Waals surface area contributed by atoms with E-state index in [1.807, 2.05) is 19.2 Å². The van der Waals surface area contributed by atoms with E-state index in [0.717, 1.165) is 16.0 Å². The Morgan fingerprint density at radius 2 is 2.07 bits per heavy atom. The predicted octanol–water partition coefficient (Wildman–Crippen LogP) is 2.54. The maximum Gasteiger partial charge on any atom is 0.471 e. The maximum atomic E-state index is 11.8. The number of halogens is 3. The van der Waals surface area contributed by atoms with E-state index < -0.39 is 12.1 Å². The smallest absolute Gasteiger partial charge is 0.344 e. The molecule has 0 aliphatic rings. The van der Waals surface area contributed by atoms with Crippen molar-refractivity contribution >= 4 is 17.2 Å². The van der Waals surface area contributed by atoms with E-state index in [2.05, 4.69) is 0 Å². The average molecular weight is 237 g/mol. The molecule has 0 fully saturated rings. The summed E-state index contributed by atoms with van der Waals surface area (Å²) >= 11 is 1.46. The molecule has 0 saturated carbocycles. The summed E-state index contributed by atoms with van der Waals surface area (Å²) in [6.07, 6.45) is -4.81. The van der Waals surface area contributed by atoms with Gasteiger partial charge in [0.2, 0.25) is 0 Å². The second kappa shape index (κ2) is 4.22. The van der Waals surface area contributed by atoms with Gasteiger partial charge in [-0.2, -0.15) is 13.2 Å². The van der Waals surface area contributed by atoms with E-state index in [1.54, 1.807) is 5.38 Å². The first-order chi connectivity index (χ1) is 6.82. The second-order valence-electron chi connectivity index (χ2n) is 3.12. The van der Waals surface area contributed by atoms with Crippen molar-refractivity contribution in [2.75, 3.05) is 0 Å². The number of rotatable bonds is 2. The molecule has 1 rings (SSSR count). The van der Waals surface area contributed by atoms with E-state index in [-0.39, 0.29) is 6.54 Å². The van der Waals surface area contributed by atoms with E-state index in [0.29, 0.717) is 0 Å². The van der Waals surface area contributed by atoms with Crippen LogP contribution in [-0.2, 0) is 11.3 Å². The highest BCUT2D eigenvalue weighted by atomic mass is 32.1. The third-order valence-corrected chi connectivity index (χ3v) is 3.15. The summed E-state index contributed by atoms with van der Waals surface area (Å²) in [5.74, 6) is -1.90. The number of alkyl halides is 3. The van der Waals surface area contributed by atoms with Crippen molar-refractivity contribution in [2.45, 2.75) is 26.6 Å². The van der Waals surface area contributed by atoms with E-state index in [1.165, 1.54) is 11.3 Å². The van der Waals surface area contributed by atoms with Crippen molar-refractivity contribution in [3.63, 3.8) is 0 Å². The molecular weight excluding hydrogens is 227 g/mol. The number of amides is 1. The van der Waals surface area contributed by atoms with Crippen LogP contribution in [0.2, 0.25) is 0 Å². The molecule has 1 N–H and O–H groups in total. The van der Waals surface area contributed by atoms with Gasteiger partial charge in [0.15, 0.2) is 0 Å². The molecule has 0 aliphatic carbocycles. The normalized spacial score (nSPS) is 11.5. The number of aryl methyl sites for hydroxylation is 1. The first-order valence-corrected chi connectivity index (χ1v) is 5.09. The molecular formula is C9H10F3NOS. The Bertz CT molecular complexity index is 370. The first-order valence-electron chi connectivity index (χ1n) is 4.21. The lowest BCUT2D eigenvalue weighted by molar-refractivity contribution is -0.173. The molecule has 0 aliphatic heterocycles. The molecule has 0 atom stereocenters. The van der Waals surface area contributed by atoms with Crippen LogP contribution in [0.5, 0.6) is 0 Å². The number of hydrogen-bond acceptors (Lipinski definition) is 2. The molecule has 0 spiro atoms. The standard InChI is InChI=1S/C9H10F3NOS/c1-5-6(2)15-4-7(5)3-13-8(14)9(10,11)12/h4H,3H2,1-2H3,(H,13,14). The van der Waals surface area contributed by atoms with Gasteiger partial charge in [0.05, 0.1) is 0 Å². The van der Waals surface area contributed by atoms with Gasteiger partial charge in [-0.3, -0.25) is 4.79 Å². The zero-order chi connectivity index (χ0) is 11.6. The summed E-state index contributed by atoms with van der Waals surface area (Å²) in [5, 5.41) is 3.59. The zero-order valence-corrected chi connectivity index (χ0v) is 9.05. The first kappa shape index (κ1) is 12.0. The van der Waals surface area contributed by atoms with E-state index >= 15 is 0 Å². The Labute approximate surface area is 89.1 Å². The fraction of sp³-hybridized carbons (Fsp3) is 0.444. The van der Waals surface area contributed by atoms with Gasteiger partial charge in [0.1, 0.15) is 0 Å². The Hall–Kier alpha value is -1.04. The zero-order valence-electron chi connectivity index (χ0n) is 8.23. The van der Waals surface area contributed by atoms with Crippen LogP contribution in [0.15, 0.2) is 5.38 Å². The van der Waals surface area contributed by atoms with Gasteiger partial charge in [-0.05, 0) is 30.4 Å². The molecule has 0 saturated heterocycles. The summed E-state index contributed by atoms with van der Waals surface area (Å²) in [7, 11) is 0. The molecule has 15 heavy (non-hydrogen) atoms. The Morgan fingerprint density at radius 3 is 2.47 bits per heavy atom. The minimum absolute atomic E-state index is 0.0749. The van der Waals surface area contributed by atoms with Crippen molar-refractivity contribution in [2.24, 2.45) is 0 Å². The molecule has 1 aromatic heterocycles. The average Bonchev–Trinajstić information content (AvgIpc) is 2.43. The highest BCUT2D eigenvalue weighted by Crippen LogP contribution is 2.21. The quantitative estimate of drug-likeness (QED) is 0.841. The van der Waals surface area contributed by atoms with Gasteiger partial charge in [-0.25, -0.2) is 0 Å². The lowest BCUT2D eigenvalue weighted by Crippen LogP contribution is -2.36. The summed E-state index contributed by atoms with van der Waals surface area (Å²) in [5.41, 5.74) is 1.66. The third-order valence-electron chi connectivity index (χ3n) is 2.08. The highest BCUT2D eigenvalue weighted by molar-refractivity contribution is 7.10. The van der Waals surface area contributed by atoms with Crippen LogP contribution in [0.1, 0.15) is 16.0 Å². The Kier molecular flexibility index (Phi) is 3.38. The molecule has 0 unspecified atom stereocenters. The number of hydrogen-bond donors (Lipinski definition) is 1. The van der Waals surface area contributed by atoms with Crippen LogP contribution in [0.4, 0.5) is 13.2 Å². The maximum absolute atomic E-state index is 11.8. The summed E-state index contributed by atoms with van der Waals surface area (Å²) in [4.78, 5) is 11.6. The number of nitrogens with one attached hydrogen (secondary N) is 1. The van der Waals surface area contributed by atoms with Crippen LogP contribution in [0.3, 0.4) is 0 Å². The molecule has 1 heterocycles. The topological polar surface area (TPSA) is 29.1 Å². The van der Waals surface area contributed by atoms with Crippen molar-refractivity contribution in [1.29, 1.82) is 0 Å². The minimum Gasteiger partial charge on any atom is -0.344 e. The van der Waals surface area contributed by atoms with Crippen molar-refractivity contribution in [3.05, 3.63) is 21.4 Å². The highest BCUT2D eigenvalue weighted by Gasteiger charge is 2.38. The van der Waals surface area contributed by atoms with Crippen molar-refractivity contribution in [1.82, 2.24) is 5.32 Å². The third kappa shape index (κ3) is 2.95. The Balaban J connectivity index is 2.59. The SMILES string of the molecule is Cc1scc(CNC(=O)C(F)(F)F)c1C. The molecule has 84 valence electrons. The summed E-state index contributed by atoms with van der Waals surface area (Å²) in [6.45, 7) is 3.63. The lowest BCUT2D eigenvalue weighted by atomic mass is 10.2. The minimum atomic E-state index is -4.81. The molecule has 1 amide bonds. The van der Waals surface area contributed by atoms with Gasteiger partial charge in [-0.1, -0.05) is 0 Å². The fourth-order valence-electron chi connectivity index (χ4n) is 1.01. The van der Waals surface area contributed by atoms with Gasteiger partial charge in [0, 0.05) is 11.4 Å². The fourth-order valence-corrected chi connectivity index (χ4v) is 1.90. The molecule has 1 aromatic rings. The monoisotopic (exact) mass is 237 g/mol. The molecule has 2 nitrogen and oxygen atoms in total. The van der Waals surface area contributed by atoms with Crippen molar-refractivity contribution in [3.8, 4) is 0 Å². The second-order valence-corrected chi connectivity index (χ2v) is 4.21. The molecule has 0 aromatic carbocycles. The van der Waals surface area contributed by atoms with Crippen LogP contribution in [0, 0.1) is 13.8 Å². The molecule has 0 radical (unpaired) electrons. The van der Waals surface area contributed by atoms with Crippen molar-refractivity contribution < 1.29 is 18.0 Å². The Morgan fingerprint density at radius 1 is 1.47 bits per heavy atom. The molecule has 0 bridgehead atoms. The van der Waals surface area contributed by atoms with E-state index in [4.69, 9.17) is 0 Å². The van der Waals surface area contributed by atoms with Gasteiger partial charge in [-0.15, -0.1) is 11.3 Å². The van der Waals surface area contributed by atoms with Gasteiger partial charge >= 0.3 is 12.1 Å². The van der Waals surface area contributed by atoms with Crippen LogP contribution in [0.25, 0.3) is 0 Å². The summed E-state index contributed by atoms with van der Waals surface area (Å²) in [6, 6.07) is 0. The summed E-state index contributed by atoms with van der Waals surface area (Å²) < 4.78 is 35.5. The van der Waals surface area contributed by atoms with Crippen LogP contribution < -0.4 is 5.32 Å².